The minimum atomic E-state index is -2.58. The topological polar surface area (TPSA) is 77.3 Å². The number of alkyl halides is 2. The van der Waals surface area contributed by atoms with Crippen molar-refractivity contribution in [1.82, 2.24) is 19.7 Å². The van der Waals surface area contributed by atoms with Gasteiger partial charge in [-0.25, -0.2) is 18.7 Å². The summed E-state index contributed by atoms with van der Waals surface area (Å²) in [6.45, 7) is 2.98. The molecule has 190 valence electrons. The summed E-state index contributed by atoms with van der Waals surface area (Å²) >= 11 is 0. The lowest BCUT2D eigenvalue weighted by molar-refractivity contribution is -0.0386. The van der Waals surface area contributed by atoms with E-state index >= 15 is 0 Å². The SMILES string of the molecule is FC1(F)CCC(c2nn(C3CC3)cc2Oc2cccnc2Nc2ccnc(N3CCOCC3)c2)CC1. The van der Waals surface area contributed by atoms with Crippen molar-refractivity contribution in [2.75, 3.05) is 36.5 Å². The van der Waals surface area contributed by atoms with Gasteiger partial charge in [0.15, 0.2) is 17.3 Å². The van der Waals surface area contributed by atoms with Gasteiger partial charge >= 0.3 is 0 Å². The van der Waals surface area contributed by atoms with Crippen molar-refractivity contribution < 1.29 is 18.3 Å². The molecule has 0 aromatic carbocycles. The first kappa shape index (κ1) is 23.1. The van der Waals surface area contributed by atoms with Gasteiger partial charge in [-0.05, 0) is 43.9 Å². The van der Waals surface area contributed by atoms with Crippen molar-refractivity contribution in [1.29, 1.82) is 0 Å². The summed E-state index contributed by atoms with van der Waals surface area (Å²) in [5.74, 6) is 0.00308. The van der Waals surface area contributed by atoms with E-state index in [-0.39, 0.29) is 18.8 Å². The third kappa shape index (κ3) is 5.13. The number of hydrogen-bond donors (Lipinski definition) is 1. The van der Waals surface area contributed by atoms with Gasteiger partial charge in [0, 0.05) is 56.0 Å². The van der Waals surface area contributed by atoms with Crippen LogP contribution in [0.4, 0.5) is 26.1 Å². The minimum absolute atomic E-state index is 0.0380. The number of aromatic nitrogens is 4. The van der Waals surface area contributed by atoms with Crippen LogP contribution >= 0.6 is 0 Å². The quantitative estimate of drug-likeness (QED) is 0.451. The Balaban J connectivity index is 1.24. The van der Waals surface area contributed by atoms with E-state index in [2.05, 4.69) is 20.2 Å². The fourth-order valence-corrected chi connectivity index (χ4v) is 4.87. The van der Waals surface area contributed by atoms with Crippen LogP contribution in [0, 0.1) is 0 Å². The number of pyridine rings is 2. The van der Waals surface area contributed by atoms with Gasteiger partial charge in [-0.3, -0.25) is 4.68 Å². The highest BCUT2D eigenvalue weighted by molar-refractivity contribution is 5.65. The van der Waals surface area contributed by atoms with E-state index in [1.54, 1.807) is 12.4 Å². The van der Waals surface area contributed by atoms with Gasteiger partial charge in [0.25, 0.3) is 0 Å². The number of nitrogens with one attached hydrogen (secondary N) is 1. The van der Waals surface area contributed by atoms with Crippen LogP contribution in [0.25, 0.3) is 0 Å². The van der Waals surface area contributed by atoms with Crippen LogP contribution in [0.5, 0.6) is 11.5 Å². The number of ether oxygens (including phenoxy) is 2. The summed E-state index contributed by atoms with van der Waals surface area (Å²) < 4.78 is 41.4. The fraction of sp³-hybridized carbons (Fsp3) is 0.500. The summed E-state index contributed by atoms with van der Waals surface area (Å²) in [7, 11) is 0. The zero-order valence-corrected chi connectivity index (χ0v) is 20.1. The van der Waals surface area contributed by atoms with Gasteiger partial charge in [0.1, 0.15) is 11.5 Å². The molecule has 0 bridgehead atoms. The number of halogens is 2. The highest BCUT2D eigenvalue weighted by Gasteiger charge is 2.38. The predicted molar refractivity (Wildman–Crippen MR) is 132 cm³/mol. The average molecular weight is 497 g/mol. The standard InChI is InChI=1S/C26H30F2N6O2/c27-26(28)8-5-18(6-9-26)24-22(17-34(32-24)20-3-4-20)36-21-2-1-10-30-25(21)31-19-7-11-29-23(16-19)33-12-14-35-15-13-33/h1-2,7,10-11,16-18,20H,3-6,8-9,12-15H2,(H,29,30,31). The number of anilines is 3. The zero-order valence-electron chi connectivity index (χ0n) is 20.1. The first-order valence-corrected chi connectivity index (χ1v) is 12.7. The van der Waals surface area contributed by atoms with Crippen molar-refractivity contribution >= 4 is 17.3 Å². The number of morpholine rings is 1. The van der Waals surface area contributed by atoms with E-state index in [9.17, 15) is 8.78 Å². The Labute approximate surface area is 208 Å². The van der Waals surface area contributed by atoms with Crippen LogP contribution in [-0.4, -0.2) is 52.0 Å². The molecule has 0 atom stereocenters. The molecule has 1 aliphatic heterocycles. The highest BCUT2D eigenvalue weighted by atomic mass is 19.3. The van der Waals surface area contributed by atoms with E-state index in [4.69, 9.17) is 14.6 Å². The maximum atomic E-state index is 13.8. The minimum Gasteiger partial charge on any atom is -0.450 e. The Hall–Kier alpha value is -3.27. The van der Waals surface area contributed by atoms with Crippen molar-refractivity contribution in [2.24, 2.45) is 0 Å². The maximum absolute atomic E-state index is 13.8. The van der Waals surface area contributed by atoms with Gasteiger partial charge in [-0.15, -0.1) is 0 Å². The molecule has 3 aromatic heterocycles. The molecule has 6 rings (SSSR count). The predicted octanol–water partition coefficient (Wildman–Crippen LogP) is 5.67. The lowest BCUT2D eigenvalue weighted by Crippen LogP contribution is -2.36. The molecule has 3 aromatic rings. The van der Waals surface area contributed by atoms with Gasteiger partial charge < -0.3 is 19.7 Å². The molecule has 4 heterocycles. The molecule has 1 N–H and O–H groups in total. The first-order valence-electron chi connectivity index (χ1n) is 12.7. The van der Waals surface area contributed by atoms with Crippen LogP contribution < -0.4 is 15.0 Å². The molecule has 10 heteroatoms. The summed E-state index contributed by atoms with van der Waals surface area (Å²) in [4.78, 5) is 11.2. The molecule has 1 saturated heterocycles. The van der Waals surface area contributed by atoms with Crippen molar-refractivity contribution in [3.8, 4) is 11.5 Å². The smallest absolute Gasteiger partial charge is 0.248 e. The largest absolute Gasteiger partial charge is 0.450 e. The Kier molecular flexibility index (Phi) is 6.20. The zero-order chi connectivity index (χ0) is 24.5. The van der Waals surface area contributed by atoms with Gasteiger partial charge in [0.2, 0.25) is 5.92 Å². The molecule has 0 amide bonds. The molecule has 3 fully saturated rings. The molecular weight excluding hydrogens is 466 g/mol. The molecule has 0 unspecified atom stereocenters. The van der Waals surface area contributed by atoms with Crippen LogP contribution in [0.15, 0.2) is 42.9 Å². The lowest BCUT2D eigenvalue weighted by atomic mass is 9.84. The van der Waals surface area contributed by atoms with Gasteiger partial charge in [-0.1, -0.05) is 0 Å². The summed E-state index contributed by atoms with van der Waals surface area (Å²) in [6.07, 6.45) is 8.15. The van der Waals surface area contributed by atoms with E-state index in [0.717, 1.165) is 43.1 Å². The highest BCUT2D eigenvalue weighted by Crippen LogP contribution is 2.45. The Morgan fingerprint density at radius 3 is 2.58 bits per heavy atom. The third-order valence-corrected chi connectivity index (χ3v) is 7.08. The van der Waals surface area contributed by atoms with Gasteiger partial charge in [-0.2, -0.15) is 5.10 Å². The molecule has 2 aliphatic carbocycles. The first-order chi connectivity index (χ1) is 17.5. The average Bonchev–Trinajstić information content (AvgIpc) is 3.67. The Morgan fingerprint density at radius 1 is 1.00 bits per heavy atom. The van der Waals surface area contributed by atoms with Crippen molar-refractivity contribution in [3.63, 3.8) is 0 Å². The molecule has 36 heavy (non-hydrogen) atoms. The second kappa shape index (κ2) is 9.65. The number of rotatable bonds is 7. The molecule has 0 spiro atoms. The Bertz CT molecular complexity index is 1200. The lowest BCUT2D eigenvalue weighted by Gasteiger charge is -2.28. The van der Waals surface area contributed by atoms with Crippen LogP contribution in [-0.2, 0) is 4.74 Å². The van der Waals surface area contributed by atoms with Crippen LogP contribution in [0.1, 0.15) is 56.2 Å². The van der Waals surface area contributed by atoms with Crippen molar-refractivity contribution in [2.45, 2.75) is 56.4 Å². The van der Waals surface area contributed by atoms with Crippen molar-refractivity contribution in [3.05, 3.63) is 48.5 Å². The maximum Gasteiger partial charge on any atom is 0.248 e. The molecule has 2 saturated carbocycles. The van der Waals surface area contributed by atoms with E-state index < -0.39 is 5.92 Å². The summed E-state index contributed by atoms with van der Waals surface area (Å²) in [5, 5.41) is 8.16. The van der Waals surface area contributed by atoms with E-state index in [0.29, 0.717) is 49.4 Å². The second-order valence-electron chi connectivity index (χ2n) is 9.80. The molecular formula is C26H30F2N6O2. The number of nitrogens with zero attached hydrogens (tertiary/aromatic N) is 5. The van der Waals surface area contributed by atoms with Gasteiger partial charge in [0.05, 0.1) is 25.5 Å². The fourth-order valence-electron chi connectivity index (χ4n) is 4.87. The number of hydrogen-bond acceptors (Lipinski definition) is 7. The second-order valence-corrected chi connectivity index (χ2v) is 9.80. The summed E-state index contributed by atoms with van der Waals surface area (Å²) in [6, 6.07) is 7.92. The Morgan fingerprint density at radius 2 is 1.81 bits per heavy atom. The third-order valence-electron chi connectivity index (χ3n) is 7.08. The molecule has 8 nitrogen and oxygen atoms in total. The normalized spacial score (nSPS) is 20.3. The van der Waals surface area contributed by atoms with E-state index in [1.165, 1.54) is 0 Å². The van der Waals surface area contributed by atoms with Crippen LogP contribution in [0.2, 0.25) is 0 Å². The summed E-state index contributed by atoms with van der Waals surface area (Å²) in [5.41, 5.74) is 1.61. The molecule has 3 aliphatic rings. The monoisotopic (exact) mass is 496 g/mol. The van der Waals surface area contributed by atoms with Crippen LogP contribution in [0.3, 0.4) is 0 Å². The molecule has 0 radical (unpaired) electrons. The van der Waals surface area contributed by atoms with E-state index in [1.807, 2.05) is 35.1 Å².